The molecule has 0 unspecified atom stereocenters. The van der Waals surface area contributed by atoms with E-state index in [-0.39, 0.29) is 5.91 Å². The Hall–Kier alpha value is -1.96. The molecule has 0 atom stereocenters. The summed E-state index contributed by atoms with van der Waals surface area (Å²) >= 11 is 1.40. The standard InChI is InChI=1S/C17H18N2O3S2/c20-17(16-7-4-13-23-16)18-9-11-19(12-10-18)24(21,22)14-8-15-5-2-1-3-6-15/h1-8,13-14H,9-12H2/b14-8+. The summed E-state index contributed by atoms with van der Waals surface area (Å²) in [6.45, 7) is 1.46. The van der Waals surface area contributed by atoms with E-state index in [1.165, 1.54) is 21.1 Å². The van der Waals surface area contributed by atoms with Crippen LogP contribution in [0.25, 0.3) is 6.08 Å². The van der Waals surface area contributed by atoms with E-state index in [1.54, 1.807) is 17.0 Å². The molecule has 0 aliphatic carbocycles. The number of amides is 1. The molecule has 1 aromatic heterocycles. The Morgan fingerprint density at radius 3 is 2.33 bits per heavy atom. The lowest BCUT2D eigenvalue weighted by atomic mass is 10.2. The van der Waals surface area contributed by atoms with Crippen molar-refractivity contribution in [1.29, 1.82) is 0 Å². The van der Waals surface area contributed by atoms with Crippen LogP contribution >= 0.6 is 11.3 Å². The fourth-order valence-corrected chi connectivity index (χ4v) is 4.38. The first-order valence-electron chi connectivity index (χ1n) is 7.62. The lowest BCUT2D eigenvalue weighted by Gasteiger charge is -2.33. The second-order valence-corrected chi connectivity index (χ2v) is 8.19. The highest BCUT2D eigenvalue weighted by Crippen LogP contribution is 2.16. The number of benzene rings is 1. The summed E-state index contributed by atoms with van der Waals surface area (Å²) < 4.78 is 26.2. The average molecular weight is 362 g/mol. The zero-order valence-electron chi connectivity index (χ0n) is 13.0. The van der Waals surface area contributed by atoms with Crippen molar-refractivity contribution in [3.63, 3.8) is 0 Å². The molecular weight excluding hydrogens is 344 g/mol. The van der Waals surface area contributed by atoms with Crippen LogP contribution in [0.4, 0.5) is 0 Å². The first-order valence-corrected chi connectivity index (χ1v) is 10.0. The third-order valence-corrected chi connectivity index (χ3v) is 6.27. The first kappa shape index (κ1) is 16.9. The predicted molar refractivity (Wildman–Crippen MR) is 96.2 cm³/mol. The topological polar surface area (TPSA) is 57.7 Å². The van der Waals surface area contributed by atoms with Crippen molar-refractivity contribution in [2.45, 2.75) is 0 Å². The van der Waals surface area contributed by atoms with Gasteiger partial charge in [0.2, 0.25) is 10.0 Å². The number of piperazine rings is 1. The Balaban J connectivity index is 1.61. The van der Waals surface area contributed by atoms with Crippen LogP contribution in [-0.2, 0) is 10.0 Å². The minimum Gasteiger partial charge on any atom is -0.335 e. The van der Waals surface area contributed by atoms with Gasteiger partial charge >= 0.3 is 0 Å². The molecule has 5 nitrogen and oxygen atoms in total. The second-order valence-electron chi connectivity index (χ2n) is 5.43. The van der Waals surface area contributed by atoms with Crippen molar-refractivity contribution in [3.8, 4) is 0 Å². The number of carbonyl (C=O) groups excluding carboxylic acids is 1. The molecule has 0 spiro atoms. The molecule has 3 rings (SSSR count). The van der Waals surface area contributed by atoms with Gasteiger partial charge in [-0.1, -0.05) is 36.4 Å². The number of nitrogens with zero attached hydrogens (tertiary/aromatic N) is 2. The van der Waals surface area contributed by atoms with Crippen LogP contribution in [0, 0.1) is 0 Å². The molecule has 7 heteroatoms. The fraction of sp³-hybridized carbons (Fsp3) is 0.235. The molecule has 1 fully saturated rings. The Bertz CT molecular complexity index is 807. The fourth-order valence-electron chi connectivity index (χ4n) is 2.52. The molecule has 126 valence electrons. The maximum absolute atomic E-state index is 12.4. The highest BCUT2D eigenvalue weighted by molar-refractivity contribution is 7.92. The number of sulfonamides is 1. The number of thiophene rings is 1. The smallest absolute Gasteiger partial charge is 0.264 e. The van der Waals surface area contributed by atoms with Gasteiger partial charge in [0, 0.05) is 31.6 Å². The molecule has 1 aliphatic rings. The summed E-state index contributed by atoms with van der Waals surface area (Å²) in [4.78, 5) is 14.7. The van der Waals surface area contributed by atoms with Crippen molar-refractivity contribution < 1.29 is 13.2 Å². The molecule has 2 heterocycles. The summed E-state index contributed by atoms with van der Waals surface area (Å²) in [5.41, 5.74) is 0.840. The molecule has 2 aromatic rings. The number of rotatable bonds is 4. The van der Waals surface area contributed by atoms with E-state index in [9.17, 15) is 13.2 Å². The van der Waals surface area contributed by atoms with Crippen LogP contribution in [-0.4, -0.2) is 49.7 Å². The molecule has 1 saturated heterocycles. The summed E-state index contributed by atoms with van der Waals surface area (Å²) in [7, 11) is -3.47. The maximum Gasteiger partial charge on any atom is 0.264 e. The second kappa shape index (κ2) is 7.29. The van der Waals surface area contributed by atoms with Crippen molar-refractivity contribution in [2.24, 2.45) is 0 Å². The number of hydrogen-bond donors (Lipinski definition) is 0. The molecule has 24 heavy (non-hydrogen) atoms. The maximum atomic E-state index is 12.4. The van der Waals surface area contributed by atoms with E-state index >= 15 is 0 Å². The molecular formula is C17H18N2O3S2. The molecule has 0 saturated carbocycles. The zero-order valence-corrected chi connectivity index (χ0v) is 14.7. The first-order chi connectivity index (χ1) is 11.6. The van der Waals surface area contributed by atoms with Gasteiger partial charge in [0.25, 0.3) is 5.91 Å². The number of hydrogen-bond acceptors (Lipinski definition) is 4. The van der Waals surface area contributed by atoms with E-state index in [2.05, 4.69) is 0 Å². The zero-order chi connectivity index (χ0) is 17.0. The van der Waals surface area contributed by atoms with E-state index in [0.717, 1.165) is 5.56 Å². The molecule has 0 radical (unpaired) electrons. The Morgan fingerprint density at radius 2 is 1.71 bits per heavy atom. The van der Waals surface area contributed by atoms with Crippen molar-refractivity contribution >= 4 is 33.3 Å². The van der Waals surface area contributed by atoms with Gasteiger partial charge in [-0.25, -0.2) is 8.42 Å². The molecule has 1 amide bonds. The summed E-state index contributed by atoms with van der Waals surface area (Å²) in [6, 6.07) is 12.9. The van der Waals surface area contributed by atoms with E-state index in [0.29, 0.717) is 31.1 Å². The van der Waals surface area contributed by atoms with Crippen LogP contribution in [0.1, 0.15) is 15.2 Å². The minimum atomic E-state index is -3.47. The van der Waals surface area contributed by atoms with Crippen molar-refractivity contribution in [1.82, 2.24) is 9.21 Å². The highest BCUT2D eigenvalue weighted by atomic mass is 32.2. The average Bonchev–Trinajstić information content (AvgIpc) is 3.15. The Kier molecular flexibility index (Phi) is 5.13. The molecule has 1 aliphatic heterocycles. The van der Waals surface area contributed by atoms with Gasteiger partial charge in [0.1, 0.15) is 0 Å². The lowest BCUT2D eigenvalue weighted by molar-refractivity contribution is 0.0703. The van der Waals surface area contributed by atoms with Crippen LogP contribution < -0.4 is 0 Å². The van der Waals surface area contributed by atoms with E-state index < -0.39 is 10.0 Å². The Labute approximate surface area is 145 Å². The van der Waals surface area contributed by atoms with Gasteiger partial charge in [0.15, 0.2) is 0 Å². The van der Waals surface area contributed by atoms with E-state index in [1.807, 2.05) is 41.8 Å². The normalized spacial score (nSPS) is 16.6. The minimum absolute atomic E-state index is 0.0260. The largest absolute Gasteiger partial charge is 0.335 e. The third kappa shape index (κ3) is 3.92. The summed E-state index contributed by atoms with van der Waals surface area (Å²) in [6.07, 6.45) is 1.60. The van der Waals surface area contributed by atoms with Gasteiger partial charge < -0.3 is 4.90 Å². The van der Waals surface area contributed by atoms with Gasteiger partial charge in [0.05, 0.1) is 4.88 Å². The highest BCUT2D eigenvalue weighted by Gasteiger charge is 2.28. The predicted octanol–water partition coefficient (Wildman–Crippen LogP) is 2.51. The van der Waals surface area contributed by atoms with Crippen LogP contribution in [0.5, 0.6) is 0 Å². The molecule has 0 N–H and O–H groups in total. The summed E-state index contributed by atoms with van der Waals surface area (Å²) in [5.74, 6) is -0.0260. The van der Waals surface area contributed by atoms with E-state index in [4.69, 9.17) is 0 Å². The SMILES string of the molecule is O=C(c1cccs1)N1CCN(S(=O)(=O)/C=C/c2ccccc2)CC1. The van der Waals surface area contributed by atoms with Crippen LogP contribution in [0.15, 0.2) is 53.3 Å². The third-order valence-electron chi connectivity index (χ3n) is 3.85. The lowest BCUT2D eigenvalue weighted by Crippen LogP contribution is -2.49. The van der Waals surface area contributed by atoms with Crippen molar-refractivity contribution in [3.05, 3.63) is 63.7 Å². The monoisotopic (exact) mass is 362 g/mol. The van der Waals surface area contributed by atoms with Crippen LogP contribution in [0.3, 0.4) is 0 Å². The number of carbonyl (C=O) groups is 1. The van der Waals surface area contributed by atoms with Gasteiger partial charge in [-0.05, 0) is 23.1 Å². The van der Waals surface area contributed by atoms with Gasteiger partial charge in [-0.3, -0.25) is 4.79 Å². The van der Waals surface area contributed by atoms with Gasteiger partial charge in [-0.15, -0.1) is 11.3 Å². The van der Waals surface area contributed by atoms with Crippen molar-refractivity contribution in [2.75, 3.05) is 26.2 Å². The quantitative estimate of drug-likeness (QED) is 0.840. The van der Waals surface area contributed by atoms with Gasteiger partial charge in [-0.2, -0.15) is 4.31 Å². The van der Waals surface area contributed by atoms with Crippen LogP contribution in [0.2, 0.25) is 0 Å². The Morgan fingerprint density at radius 1 is 1.00 bits per heavy atom. The summed E-state index contributed by atoms with van der Waals surface area (Å²) in [5, 5.41) is 3.10. The molecule has 1 aromatic carbocycles. The molecule has 0 bridgehead atoms.